The first-order chi connectivity index (χ1) is 15.4. The molecule has 5 rings (SSSR count). The maximum absolute atomic E-state index is 13.1. The number of likely N-dealkylation sites (tertiary alicyclic amines) is 2. The zero-order chi connectivity index (χ0) is 22.3. The molecule has 2 amide bonds. The third kappa shape index (κ3) is 3.68. The Morgan fingerprint density at radius 2 is 1.84 bits per heavy atom. The summed E-state index contributed by atoms with van der Waals surface area (Å²) in [7, 11) is -3.73. The van der Waals surface area contributed by atoms with Gasteiger partial charge in [0.05, 0.1) is 11.8 Å². The number of amidine groups is 1. The summed E-state index contributed by atoms with van der Waals surface area (Å²) in [6.07, 6.45) is 5.68. The van der Waals surface area contributed by atoms with Gasteiger partial charge in [-0.3, -0.25) is 9.59 Å². The normalized spacial score (nSPS) is 22.5. The molecule has 1 aromatic heterocycles. The number of fused-ring (bicyclic) bond motifs is 1. The van der Waals surface area contributed by atoms with Crippen LogP contribution in [0.25, 0.3) is 0 Å². The molecule has 1 atom stereocenters. The van der Waals surface area contributed by atoms with E-state index in [1.54, 1.807) is 35.2 Å². The van der Waals surface area contributed by atoms with Crippen molar-refractivity contribution < 1.29 is 22.4 Å². The van der Waals surface area contributed by atoms with Gasteiger partial charge in [0.15, 0.2) is 5.84 Å². The number of hydrogen-bond acceptors (Lipinski definition) is 6. The summed E-state index contributed by atoms with van der Waals surface area (Å²) >= 11 is 0. The van der Waals surface area contributed by atoms with Crippen LogP contribution in [0.4, 0.5) is 0 Å². The molecule has 0 spiro atoms. The second kappa shape index (κ2) is 8.09. The summed E-state index contributed by atoms with van der Waals surface area (Å²) in [4.78, 5) is 29.3. The molecule has 0 bridgehead atoms. The number of carbonyl (C=O) groups is 2. The van der Waals surface area contributed by atoms with Crippen molar-refractivity contribution in [1.82, 2.24) is 15.1 Å². The van der Waals surface area contributed by atoms with Crippen molar-refractivity contribution in [3.05, 3.63) is 54.0 Å². The number of carbonyl (C=O) groups excluding carboxylic acids is 2. The van der Waals surface area contributed by atoms with E-state index < -0.39 is 16.1 Å². The Hall–Kier alpha value is -3.14. The molecule has 168 valence electrons. The van der Waals surface area contributed by atoms with E-state index in [0.29, 0.717) is 55.9 Å². The average molecular weight is 457 g/mol. The Morgan fingerprint density at radius 1 is 1.06 bits per heavy atom. The Morgan fingerprint density at radius 3 is 2.59 bits per heavy atom. The van der Waals surface area contributed by atoms with Crippen LogP contribution in [0, 0.1) is 0 Å². The highest BCUT2D eigenvalue weighted by molar-refractivity contribution is 7.90. The van der Waals surface area contributed by atoms with E-state index in [4.69, 9.17) is 4.42 Å². The van der Waals surface area contributed by atoms with Crippen molar-refractivity contribution >= 4 is 27.7 Å². The first kappa shape index (κ1) is 20.7. The molecule has 0 radical (unpaired) electrons. The van der Waals surface area contributed by atoms with Crippen LogP contribution >= 0.6 is 0 Å². The van der Waals surface area contributed by atoms with Gasteiger partial charge in [-0.25, -0.2) is 0 Å². The molecule has 2 saturated heterocycles. The van der Waals surface area contributed by atoms with Crippen LogP contribution in [0.15, 0.2) is 56.6 Å². The van der Waals surface area contributed by atoms with Gasteiger partial charge >= 0.3 is 0 Å². The highest BCUT2D eigenvalue weighted by Gasteiger charge is 2.39. The van der Waals surface area contributed by atoms with Gasteiger partial charge in [0.25, 0.3) is 15.9 Å². The average Bonchev–Trinajstić information content (AvgIpc) is 3.54. The van der Waals surface area contributed by atoms with Crippen molar-refractivity contribution in [3.8, 4) is 0 Å². The first-order valence-electron chi connectivity index (χ1n) is 10.8. The van der Waals surface area contributed by atoms with Gasteiger partial charge in [-0.2, -0.15) is 8.42 Å². The number of amides is 2. The van der Waals surface area contributed by atoms with Crippen molar-refractivity contribution in [2.24, 2.45) is 4.40 Å². The molecule has 3 aliphatic heterocycles. The maximum atomic E-state index is 13.1. The van der Waals surface area contributed by atoms with Crippen LogP contribution in [-0.2, 0) is 14.8 Å². The zero-order valence-corrected chi connectivity index (χ0v) is 18.3. The Labute approximate surface area is 186 Å². The third-order valence-electron chi connectivity index (χ3n) is 6.34. The quantitative estimate of drug-likeness (QED) is 0.751. The molecular formula is C22H24N4O5S. The highest BCUT2D eigenvalue weighted by atomic mass is 32.2. The van der Waals surface area contributed by atoms with E-state index in [0.717, 1.165) is 6.42 Å². The standard InChI is InChI=1S/C22H24N4O5S/c27-21(23-16-7-11-25(12-8-16)22(28)15-9-13-31-14-15)18-5-3-10-26(18)20-17-4-1-2-6-19(17)32(29,30)24-20/h1-2,4,6,9,13-14,16,18H,3,5,7-8,10-12H2,(H,23,27)/t18-/m0/s1. The summed E-state index contributed by atoms with van der Waals surface area (Å²) in [6.45, 7) is 1.70. The Balaban J connectivity index is 1.23. The summed E-state index contributed by atoms with van der Waals surface area (Å²) in [6, 6.07) is 7.89. The summed E-state index contributed by atoms with van der Waals surface area (Å²) in [5, 5.41) is 3.11. The number of piperidine rings is 1. The largest absolute Gasteiger partial charge is 0.472 e. The van der Waals surface area contributed by atoms with Gasteiger partial charge in [0.1, 0.15) is 17.2 Å². The number of nitrogens with one attached hydrogen (secondary N) is 1. The Kier molecular flexibility index (Phi) is 5.24. The fourth-order valence-corrected chi connectivity index (χ4v) is 5.90. The van der Waals surface area contributed by atoms with Crippen LogP contribution in [-0.4, -0.2) is 67.6 Å². The van der Waals surface area contributed by atoms with Gasteiger partial charge in [-0.1, -0.05) is 12.1 Å². The molecule has 1 N–H and O–H groups in total. The number of sulfonamides is 1. The lowest BCUT2D eigenvalue weighted by molar-refractivity contribution is -0.125. The minimum atomic E-state index is -3.73. The fourth-order valence-electron chi connectivity index (χ4n) is 4.68. The number of hydrogen-bond donors (Lipinski definition) is 1. The van der Waals surface area contributed by atoms with Crippen LogP contribution in [0.2, 0.25) is 0 Å². The predicted octanol–water partition coefficient (Wildman–Crippen LogP) is 1.61. The number of nitrogens with zero attached hydrogens (tertiary/aromatic N) is 3. The lowest BCUT2D eigenvalue weighted by Gasteiger charge is -2.33. The fraction of sp³-hybridized carbons (Fsp3) is 0.409. The molecule has 9 nitrogen and oxygen atoms in total. The molecule has 0 unspecified atom stereocenters. The van der Waals surface area contributed by atoms with E-state index in [-0.39, 0.29) is 22.8 Å². The monoisotopic (exact) mass is 456 g/mol. The van der Waals surface area contributed by atoms with E-state index in [2.05, 4.69) is 9.71 Å². The Bertz CT molecular complexity index is 1170. The minimum absolute atomic E-state index is 0.0279. The van der Waals surface area contributed by atoms with Crippen LogP contribution in [0.1, 0.15) is 41.6 Å². The second-order valence-corrected chi connectivity index (χ2v) is 9.90. The molecule has 3 aliphatic rings. The van der Waals surface area contributed by atoms with Crippen molar-refractivity contribution in [2.45, 2.75) is 42.7 Å². The molecule has 32 heavy (non-hydrogen) atoms. The van der Waals surface area contributed by atoms with Crippen LogP contribution in [0.5, 0.6) is 0 Å². The lowest BCUT2D eigenvalue weighted by Crippen LogP contribution is -2.52. The molecule has 10 heteroatoms. The summed E-state index contributed by atoms with van der Waals surface area (Å²) in [5.41, 5.74) is 1.08. The molecule has 2 aromatic rings. The van der Waals surface area contributed by atoms with E-state index in [1.807, 2.05) is 4.90 Å². The van der Waals surface area contributed by atoms with E-state index >= 15 is 0 Å². The number of rotatable bonds is 3. The van der Waals surface area contributed by atoms with Crippen LogP contribution < -0.4 is 5.32 Å². The molecule has 4 heterocycles. The zero-order valence-electron chi connectivity index (χ0n) is 17.4. The summed E-state index contributed by atoms with van der Waals surface area (Å²) < 4.78 is 33.8. The van der Waals surface area contributed by atoms with Crippen molar-refractivity contribution in [2.75, 3.05) is 19.6 Å². The van der Waals surface area contributed by atoms with Gasteiger partial charge in [0.2, 0.25) is 5.91 Å². The highest BCUT2D eigenvalue weighted by Crippen LogP contribution is 2.31. The molecule has 0 saturated carbocycles. The molecular weight excluding hydrogens is 432 g/mol. The van der Waals surface area contributed by atoms with E-state index in [1.165, 1.54) is 12.5 Å². The second-order valence-electron chi connectivity index (χ2n) is 8.32. The van der Waals surface area contributed by atoms with Gasteiger partial charge < -0.3 is 19.5 Å². The van der Waals surface area contributed by atoms with Gasteiger partial charge in [-0.15, -0.1) is 4.40 Å². The molecule has 1 aromatic carbocycles. The van der Waals surface area contributed by atoms with Gasteiger partial charge in [-0.05, 0) is 43.9 Å². The number of furan rings is 1. The maximum Gasteiger partial charge on any atom is 0.285 e. The molecule has 2 fully saturated rings. The van der Waals surface area contributed by atoms with Crippen molar-refractivity contribution in [3.63, 3.8) is 0 Å². The molecule has 0 aliphatic carbocycles. The number of benzene rings is 1. The van der Waals surface area contributed by atoms with Gasteiger partial charge in [0, 0.05) is 31.2 Å². The van der Waals surface area contributed by atoms with Crippen LogP contribution in [0.3, 0.4) is 0 Å². The SMILES string of the molecule is O=C(NC1CCN(C(=O)c2ccoc2)CC1)[C@@H]1CCCN1C1=NS(=O)(=O)c2ccccc21. The minimum Gasteiger partial charge on any atom is -0.472 e. The topological polar surface area (TPSA) is 112 Å². The third-order valence-corrected chi connectivity index (χ3v) is 7.66. The smallest absolute Gasteiger partial charge is 0.285 e. The predicted molar refractivity (Wildman–Crippen MR) is 116 cm³/mol. The first-order valence-corrected chi connectivity index (χ1v) is 12.2. The van der Waals surface area contributed by atoms with E-state index in [9.17, 15) is 18.0 Å². The van der Waals surface area contributed by atoms with Crippen molar-refractivity contribution in [1.29, 1.82) is 0 Å². The lowest BCUT2D eigenvalue weighted by atomic mass is 10.0. The summed E-state index contributed by atoms with van der Waals surface area (Å²) in [5.74, 6) is 0.176.